The van der Waals surface area contributed by atoms with Crippen molar-refractivity contribution in [1.82, 2.24) is 0 Å². The lowest BCUT2D eigenvalue weighted by Crippen LogP contribution is -2.16. The molecule has 0 saturated heterocycles. The molecule has 2 atom stereocenters. The summed E-state index contributed by atoms with van der Waals surface area (Å²) in [5.41, 5.74) is 17.0. The minimum absolute atomic E-state index is 0.227. The number of rotatable bonds is 9. The van der Waals surface area contributed by atoms with Crippen molar-refractivity contribution in [2.75, 3.05) is 11.5 Å². The molecule has 0 amide bonds. The smallest absolute Gasteiger partial charge is 0.0837 e. The van der Waals surface area contributed by atoms with Gasteiger partial charge in [-0.25, -0.2) is 0 Å². The van der Waals surface area contributed by atoms with Crippen LogP contribution in [0.2, 0.25) is 0 Å². The molecule has 0 radical (unpaired) electrons. The van der Waals surface area contributed by atoms with Crippen LogP contribution in [0.4, 0.5) is 11.4 Å². The van der Waals surface area contributed by atoms with Gasteiger partial charge in [0.1, 0.15) is 0 Å². The van der Waals surface area contributed by atoms with Gasteiger partial charge in [-0.3, -0.25) is 0 Å². The average molecular weight is 369 g/mol. The Morgan fingerprint density at radius 2 is 1.26 bits per heavy atom. The fourth-order valence-corrected chi connectivity index (χ4v) is 4.23. The summed E-state index contributed by atoms with van der Waals surface area (Å²) in [7, 11) is 0. The van der Waals surface area contributed by atoms with Crippen molar-refractivity contribution in [3.63, 3.8) is 0 Å². The molecule has 0 saturated carbocycles. The number of aliphatic hydroxyl groups is 1. The van der Waals surface area contributed by atoms with Gasteiger partial charge in [-0.1, -0.05) is 77.6 Å². The van der Waals surface area contributed by atoms with Crippen LogP contribution < -0.4 is 11.5 Å². The molecule has 0 aliphatic heterocycles. The minimum Gasteiger partial charge on any atom is -0.399 e. The van der Waals surface area contributed by atoms with Gasteiger partial charge in [0.15, 0.2) is 0 Å². The molecule has 0 aliphatic rings. The van der Waals surface area contributed by atoms with Crippen LogP contribution in [0.3, 0.4) is 0 Å². The zero-order chi connectivity index (χ0) is 20.0. The molecular weight excluding hydrogens is 332 g/mol. The van der Waals surface area contributed by atoms with Crippen molar-refractivity contribution in [2.24, 2.45) is 11.8 Å². The molecule has 0 heterocycles. The predicted octanol–water partition coefficient (Wildman–Crippen LogP) is 5.89. The van der Waals surface area contributed by atoms with Gasteiger partial charge in [-0.15, -0.1) is 0 Å². The van der Waals surface area contributed by atoms with Crippen molar-refractivity contribution >= 4 is 11.4 Å². The Bertz CT molecular complexity index is 703. The Kier molecular flexibility index (Phi) is 7.73. The third-order valence-electron chi connectivity index (χ3n) is 6.10. The van der Waals surface area contributed by atoms with E-state index in [4.69, 9.17) is 11.5 Å². The first-order valence-electron chi connectivity index (χ1n) is 10.4. The average Bonchev–Trinajstić information content (AvgIpc) is 2.68. The number of aliphatic hydroxyl groups excluding tert-OH is 1. The molecule has 27 heavy (non-hydrogen) atoms. The standard InChI is InChI=1S/C24H36N2O/c1-5-16(6-2)23(18-9-12-20(25)13-10-18)19-11-14-22(26)21(15-19)24(27)17(7-3)8-4/h9-17,23-24,27H,5-8,25-26H2,1-4H3. The van der Waals surface area contributed by atoms with Crippen LogP contribution in [0.1, 0.15) is 82.1 Å². The lowest BCUT2D eigenvalue weighted by atomic mass is 9.77. The van der Waals surface area contributed by atoms with Crippen molar-refractivity contribution in [2.45, 2.75) is 65.4 Å². The summed E-state index contributed by atoms with van der Waals surface area (Å²) < 4.78 is 0. The molecule has 148 valence electrons. The Labute approximate surface area is 164 Å². The fourth-order valence-electron chi connectivity index (χ4n) is 4.23. The van der Waals surface area contributed by atoms with E-state index in [-0.39, 0.29) is 11.8 Å². The van der Waals surface area contributed by atoms with E-state index in [0.29, 0.717) is 11.6 Å². The first-order chi connectivity index (χ1) is 13.0. The van der Waals surface area contributed by atoms with E-state index in [1.807, 2.05) is 18.2 Å². The van der Waals surface area contributed by atoms with Crippen LogP contribution in [-0.4, -0.2) is 5.11 Å². The van der Waals surface area contributed by atoms with E-state index >= 15 is 0 Å². The Morgan fingerprint density at radius 3 is 1.78 bits per heavy atom. The van der Waals surface area contributed by atoms with Crippen molar-refractivity contribution < 1.29 is 5.11 Å². The maximum atomic E-state index is 10.9. The largest absolute Gasteiger partial charge is 0.399 e. The van der Waals surface area contributed by atoms with E-state index in [1.54, 1.807) is 0 Å². The molecule has 0 aliphatic carbocycles. The third-order valence-corrected chi connectivity index (χ3v) is 6.10. The van der Waals surface area contributed by atoms with Gasteiger partial charge in [0.2, 0.25) is 0 Å². The van der Waals surface area contributed by atoms with Gasteiger partial charge in [0.25, 0.3) is 0 Å². The van der Waals surface area contributed by atoms with E-state index < -0.39 is 6.10 Å². The second-order valence-corrected chi connectivity index (χ2v) is 7.63. The second-order valence-electron chi connectivity index (χ2n) is 7.63. The highest BCUT2D eigenvalue weighted by atomic mass is 16.3. The number of nitrogens with two attached hydrogens (primary N) is 2. The quantitative estimate of drug-likeness (QED) is 0.483. The molecule has 0 aromatic heterocycles. The molecule has 0 fully saturated rings. The number of benzene rings is 2. The highest BCUT2D eigenvalue weighted by Gasteiger charge is 2.25. The van der Waals surface area contributed by atoms with E-state index in [1.165, 1.54) is 11.1 Å². The number of hydrogen-bond donors (Lipinski definition) is 3. The van der Waals surface area contributed by atoms with Gasteiger partial charge >= 0.3 is 0 Å². The highest BCUT2D eigenvalue weighted by molar-refractivity contribution is 5.52. The fraction of sp³-hybridized carbons (Fsp3) is 0.500. The first kappa shape index (κ1) is 21.3. The molecule has 2 unspecified atom stereocenters. The normalized spacial score (nSPS) is 13.9. The lowest BCUT2D eigenvalue weighted by Gasteiger charge is -2.29. The summed E-state index contributed by atoms with van der Waals surface area (Å²) in [6.07, 6.45) is 3.55. The van der Waals surface area contributed by atoms with Gasteiger partial charge in [-0.2, -0.15) is 0 Å². The summed E-state index contributed by atoms with van der Waals surface area (Å²) in [5, 5.41) is 10.9. The molecule has 2 aromatic rings. The SMILES string of the molecule is CCC(CC)C(O)c1cc(C(c2ccc(N)cc2)C(CC)CC)ccc1N. The lowest BCUT2D eigenvalue weighted by molar-refractivity contribution is 0.104. The third kappa shape index (κ3) is 4.84. The van der Waals surface area contributed by atoms with Gasteiger partial charge < -0.3 is 16.6 Å². The molecule has 5 N–H and O–H groups in total. The van der Waals surface area contributed by atoms with E-state index in [0.717, 1.165) is 36.9 Å². The topological polar surface area (TPSA) is 72.3 Å². The molecule has 0 bridgehead atoms. The van der Waals surface area contributed by atoms with Crippen LogP contribution in [0.5, 0.6) is 0 Å². The number of nitrogen functional groups attached to an aromatic ring is 2. The summed E-state index contributed by atoms with van der Waals surface area (Å²) in [6, 6.07) is 14.4. The predicted molar refractivity (Wildman–Crippen MR) is 117 cm³/mol. The van der Waals surface area contributed by atoms with Gasteiger partial charge in [0, 0.05) is 22.9 Å². The monoisotopic (exact) mass is 368 g/mol. The Hall–Kier alpha value is -2.00. The summed E-state index contributed by atoms with van der Waals surface area (Å²) >= 11 is 0. The van der Waals surface area contributed by atoms with Gasteiger partial charge in [0.05, 0.1) is 6.10 Å². The maximum absolute atomic E-state index is 10.9. The van der Waals surface area contributed by atoms with Crippen molar-refractivity contribution in [3.8, 4) is 0 Å². The van der Waals surface area contributed by atoms with E-state index in [2.05, 4.69) is 52.0 Å². The molecule has 2 rings (SSSR count). The van der Waals surface area contributed by atoms with E-state index in [9.17, 15) is 5.11 Å². The maximum Gasteiger partial charge on any atom is 0.0837 e. The second kappa shape index (κ2) is 9.80. The summed E-state index contributed by atoms with van der Waals surface area (Å²) in [5.74, 6) is 1.02. The molecule has 2 aromatic carbocycles. The van der Waals surface area contributed by atoms with Crippen LogP contribution >= 0.6 is 0 Å². The van der Waals surface area contributed by atoms with Crippen molar-refractivity contribution in [1.29, 1.82) is 0 Å². The highest BCUT2D eigenvalue weighted by Crippen LogP contribution is 2.39. The van der Waals surface area contributed by atoms with Crippen LogP contribution in [-0.2, 0) is 0 Å². The summed E-state index contributed by atoms with van der Waals surface area (Å²) in [6.45, 7) is 8.74. The number of hydrogen-bond acceptors (Lipinski definition) is 3. The van der Waals surface area contributed by atoms with Crippen LogP contribution in [0, 0.1) is 11.8 Å². The Balaban J connectivity index is 2.52. The number of anilines is 2. The van der Waals surface area contributed by atoms with Gasteiger partial charge in [-0.05, 0) is 41.2 Å². The molecule has 3 heteroatoms. The Morgan fingerprint density at radius 1 is 0.741 bits per heavy atom. The zero-order valence-corrected chi connectivity index (χ0v) is 17.3. The van der Waals surface area contributed by atoms with Crippen LogP contribution in [0.25, 0.3) is 0 Å². The molecular formula is C24H36N2O. The van der Waals surface area contributed by atoms with Crippen molar-refractivity contribution in [3.05, 3.63) is 59.2 Å². The summed E-state index contributed by atoms with van der Waals surface area (Å²) in [4.78, 5) is 0. The first-order valence-corrected chi connectivity index (χ1v) is 10.4. The molecule has 3 nitrogen and oxygen atoms in total. The zero-order valence-electron chi connectivity index (χ0n) is 17.3. The minimum atomic E-state index is -0.520. The molecule has 0 spiro atoms. The van der Waals surface area contributed by atoms with Crippen LogP contribution in [0.15, 0.2) is 42.5 Å².